The van der Waals surface area contributed by atoms with Crippen LogP contribution in [0.2, 0.25) is 0 Å². The van der Waals surface area contributed by atoms with Gasteiger partial charge in [0.25, 0.3) is 0 Å². The van der Waals surface area contributed by atoms with Crippen molar-refractivity contribution >= 4 is 51.4 Å². The first-order chi connectivity index (χ1) is 12.1. The van der Waals surface area contributed by atoms with Gasteiger partial charge in [0.2, 0.25) is 4.77 Å². The maximum Gasteiger partial charge on any atom is 0.216 e. The van der Waals surface area contributed by atoms with Crippen LogP contribution in [0.3, 0.4) is 0 Å². The van der Waals surface area contributed by atoms with Gasteiger partial charge in [0, 0.05) is 29.2 Å². The van der Waals surface area contributed by atoms with E-state index in [1.54, 1.807) is 22.2 Å². The zero-order chi connectivity index (χ0) is 17.8. The Balaban J connectivity index is 1.91. The van der Waals surface area contributed by atoms with E-state index < -0.39 is 0 Å². The van der Waals surface area contributed by atoms with Crippen LogP contribution in [-0.4, -0.2) is 34.2 Å². The standard InChI is InChI=1S/C17H18BrN5S2/c1-3-22(4-2)13-7-5-12(6-8-13)16-20-21-17(24)23(16)19-11-14-9-10-15(18)25-14/h5-11H,3-4H2,1-2H3,(H,21,24). The summed E-state index contributed by atoms with van der Waals surface area (Å²) < 4.78 is 3.18. The molecular weight excluding hydrogens is 418 g/mol. The SMILES string of the molecule is CCN(CC)c1ccc(-c2n[nH]c(=S)n2N=Cc2ccc(Br)s2)cc1. The Kier molecular flexibility index (Phi) is 5.82. The van der Waals surface area contributed by atoms with E-state index in [1.165, 1.54) is 5.69 Å². The summed E-state index contributed by atoms with van der Waals surface area (Å²) in [5.74, 6) is 0.697. The number of halogens is 1. The molecular formula is C17H18BrN5S2. The monoisotopic (exact) mass is 435 g/mol. The van der Waals surface area contributed by atoms with Crippen LogP contribution in [0.1, 0.15) is 18.7 Å². The number of hydrogen-bond acceptors (Lipinski definition) is 5. The largest absolute Gasteiger partial charge is 0.372 e. The van der Waals surface area contributed by atoms with E-state index in [4.69, 9.17) is 12.2 Å². The third kappa shape index (κ3) is 4.08. The van der Waals surface area contributed by atoms with Crippen molar-refractivity contribution in [2.75, 3.05) is 18.0 Å². The highest BCUT2D eigenvalue weighted by atomic mass is 79.9. The van der Waals surface area contributed by atoms with Gasteiger partial charge in [-0.2, -0.15) is 14.9 Å². The highest BCUT2D eigenvalue weighted by Gasteiger charge is 2.09. The summed E-state index contributed by atoms with van der Waals surface area (Å²) in [5, 5.41) is 11.6. The molecule has 0 aliphatic rings. The smallest absolute Gasteiger partial charge is 0.216 e. The molecule has 0 saturated heterocycles. The zero-order valence-corrected chi connectivity index (χ0v) is 17.2. The molecule has 0 radical (unpaired) electrons. The molecule has 3 aromatic rings. The van der Waals surface area contributed by atoms with Crippen LogP contribution in [-0.2, 0) is 0 Å². The zero-order valence-electron chi connectivity index (χ0n) is 13.9. The van der Waals surface area contributed by atoms with Gasteiger partial charge in [0.05, 0.1) is 10.0 Å². The lowest BCUT2D eigenvalue weighted by molar-refractivity contribution is 0.864. The number of nitrogens with zero attached hydrogens (tertiary/aromatic N) is 4. The van der Waals surface area contributed by atoms with Crippen LogP contribution in [0.25, 0.3) is 11.4 Å². The Morgan fingerprint density at radius 3 is 2.56 bits per heavy atom. The van der Waals surface area contributed by atoms with Gasteiger partial charge in [-0.1, -0.05) is 0 Å². The first kappa shape index (κ1) is 18.0. The van der Waals surface area contributed by atoms with E-state index in [-0.39, 0.29) is 0 Å². The molecule has 0 aliphatic carbocycles. The second kappa shape index (κ2) is 8.07. The lowest BCUT2D eigenvalue weighted by Crippen LogP contribution is -2.21. The Morgan fingerprint density at radius 1 is 1.24 bits per heavy atom. The number of thiophene rings is 1. The van der Waals surface area contributed by atoms with Gasteiger partial charge in [0.1, 0.15) is 0 Å². The van der Waals surface area contributed by atoms with Crippen LogP contribution >= 0.6 is 39.5 Å². The van der Waals surface area contributed by atoms with E-state index in [2.05, 4.69) is 62.1 Å². The summed E-state index contributed by atoms with van der Waals surface area (Å²) in [7, 11) is 0. The van der Waals surface area contributed by atoms with E-state index in [0.29, 0.717) is 10.6 Å². The number of aromatic nitrogens is 3. The molecule has 0 fully saturated rings. The number of aromatic amines is 1. The number of rotatable bonds is 6. The minimum atomic E-state index is 0.467. The minimum absolute atomic E-state index is 0.467. The number of nitrogens with one attached hydrogen (secondary N) is 1. The molecule has 130 valence electrons. The number of anilines is 1. The van der Waals surface area contributed by atoms with Crippen molar-refractivity contribution in [1.29, 1.82) is 0 Å². The summed E-state index contributed by atoms with van der Waals surface area (Å²) in [6.07, 6.45) is 1.79. The molecule has 2 heterocycles. The summed E-state index contributed by atoms with van der Waals surface area (Å²) >= 11 is 10.4. The topological polar surface area (TPSA) is 49.2 Å². The van der Waals surface area contributed by atoms with Crippen LogP contribution in [0.15, 0.2) is 45.3 Å². The van der Waals surface area contributed by atoms with Gasteiger partial charge >= 0.3 is 0 Å². The Hall–Kier alpha value is -1.77. The maximum atomic E-state index is 5.32. The van der Waals surface area contributed by atoms with E-state index in [0.717, 1.165) is 27.3 Å². The minimum Gasteiger partial charge on any atom is -0.372 e. The van der Waals surface area contributed by atoms with Gasteiger partial charge < -0.3 is 4.90 Å². The first-order valence-corrected chi connectivity index (χ1v) is 9.96. The molecule has 3 rings (SSSR count). The number of benzene rings is 1. The average Bonchev–Trinajstić information content (AvgIpc) is 3.20. The van der Waals surface area contributed by atoms with Gasteiger partial charge in [0.15, 0.2) is 5.82 Å². The van der Waals surface area contributed by atoms with Crippen LogP contribution < -0.4 is 4.90 Å². The lowest BCUT2D eigenvalue weighted by atomic mass is 10.2. The molecule has 8 heteroatoms. The van der Waals surface area contributed by atoms with Gasteiger partial charge in [-0.25, -0.2) is 5.10 Å². The second-order valence-corrected chi connectivity index (χ2v) is 8.15. The molecule has 1 aromatic carbocycles. The Morgan fingerprint density at radius 2 is 1.96 bits per heavy atom. The molecule has 5 nitrogen and oxygen atoms in total. The summed E-state index contributed by atoms with van der Waals surface area (Å²) in [4.78, 5) is 3.34. The van der Waals surface area contributed by atoms with E-state index in [1.807, 2.05) is 24.3 Å². The van der Waals surface area contributed by atoms with Gasteiger partial charge in [-0.3, -0.25) is 0 Å². The molecule has 1 N–H and O–H groups in total. The molecule has 2 aromatic heterocycles. The van der Waals surface area contributed by atoms with Crippen molar-refractivity contribution in [3.05, 3.63) is 49.8 Å². The van der Waals surface area contributed by atoms with Crippen LogP contribution in [0, 0.1) is 4.77 Å². The first-order valence-electron chi connectivity index (χ1n) is 7.94. The summed E-state index contributed by atoms with van der Waals surface area (Å²) in [6, 6.07) is 12.3. The van der Waals surface area contributed by atoms with Crippen LogP contribution in [0.4, 0.5) is 5.69 Å². The number of H-pyrrole nitrogens is 1. The van der Waals surface area contributed by atoms with Crippen LogP contribution in [0.5, 0.6) is 0 Å². The Bertz CT molecular complexity index is 919. The van der Waals surface area contributed by atoms with Gasteiger partial charge in [-0.05, 0) is 78.4 Å². The molecule has 0 aliphatic heterocycles. The number of hydrogen-bond donors (Lipinski definition) is 1. The summed E-state index contributed by atoms with van der Waals surface area (Å²) in [5.41, 5.74) is 2.16. The molecule has 0 unspecified atom stereocenters. The molecule has 0 spiro atoms. The maximum absolute atomic E-state index is 5.32. The fourth-order valence-electron chi connectivity index (χ4n) is 2.51. The van der Waals surface area contributed by atoms with Crippen molar-refractivity contribution in [2.45, 2.75) is 13.8 Å². The fraction of sp³-hybridized carbons (Fsp3) is 0.235. The Labute approximate surface area is 164 Å². The van der Waals surface area contributed by atoms with Crippen molar-refractivity contribution < 1.29 is 0 Å². The quantitative estimate of drug-likeness (QED) is 0.429. The third-order valence-electron chi connectivity index (χ3n) is 3.80. The van der Waals surface area contributed by atoms with E-state index >= 15 is 0 Å². The van der Waals surface area contributed by atoms with Gasteiger partial charge in [-0.15, -0.1) is 11.3 Å². The highest BCUT2D eigenvalue weighted by Crippen LogP contribution is 2.23. The van der Waals surface area contributed by atoms with Crippen molar-refractivity contribution in [3.8, 4) is 11.4 Å². The van der Waals surface area contributed by atoms with Crippen molar-refractivity contribution in [3.63, 3.8) is 0 Å². The average molecular weight is 436 g/mol. The third-order valence-corrected chi connectivity index (χ3v) is 5.62. The molecule has 0 amide bonds. The molecule has 0 bridgehead atoms. The second-order valence-electron chi connectivity index (χ2n) is 5.27. The van der Waals surface area contributed by atoms with Crippen molar-refractivity contribution in [2.24, 2.45) is 5.10 Å². The summed E-state index contributed by atoms with van der Waals surface area (Å²) in [6.45, 7) is 6.27. The highest BCUT2D eigenvalue weighted by molar-refractivity contribution is 9.11. The predicted octanol–water partition coefficient (Wildman–Crippen LogP) is 5.16. The predicted molar refractivity (Wildman–Crippen MR) is 111 cm³/mol. The molecule has 0 saturated carbocycles. The fourth-order valence-corrected chi connectivity index (χ4v) is 3.98. The molecule has 25 heavy (non-hydrogen) atoms. The van der Waals surface area contributed by atoms with Crippen molar-refractivity contribution in [1.82, 2.24) is 14.9 Å². The lowest BCUT2D eigenvalue weighted by Gasteiger charge is -2.20. The normalized spacial score (nSPS) is 11.3. The van der Waals surface area contributed by atoms with E-state index in [9.17, 15) is 0 Å². The molecule has 0 atom stereocenters.